The van der Waals surface area contributed by atoms with E-state index in [4.69, 9.17) is 10.0 Å². The maximum Gasteiger partial charge on any atom is 0.488 e. The number of carbonyl (C=O) groups excluding carboxylic acids is 1. The first-order chi connectivity index (χ1) is 7.41. The number of rotatable bonds is 3. The Labute approximate surface area is 91.0 Å². The summed E-state index contributed by atoms with van der Waals surface area (Å²) in [6.45, 7) is 1.22. The van der Waals surface area contributed by atoms with Gasteiger partial charge in [0.25, 0.3) is 5.69 Å². The highest BCUT2D eigenvalue weighted by Gasteiger charge is 2.20. The lowest BCUT2D eigenvalue weighted by Crippen LogP contribution is -2.30. The summed E-state index contributed by atoms with van der Waals surface area (Å²) in [4.78, 5) is 20.7. The van der Waals surface area contributed by atoms with Crippen LogP contribution in [0.2, 0.25) is 0 Å². The van der Waals surface area contributed by atoms with Gasteiger partial charge in [-0.2, -0.15) is 0 Å². The molecule has 0 heterocycles. The average molecular weight is 224 g/mol. The lowest BCUT2D eigenvalue weighted by molar-refractivity contribution is -0.383. The summed E-state index contributed by atoms with van der Waals surface area (Å²) < 4.78 is 0. The van der Waals surface area contributed by atoms with Crippen molar-refractivity contribution in [1.29, 1.82) is 0 Å². The van der Waals surface area contributed by atoms with Gasteiger partial charge >= 0.3 is 7.12 Å². The lowest BCUT2D eigenvalue weighted by Gasteiger charge is -2.05. The zero-order valence-electron chi connectivity index (χ0n) is 8.38. The van der Waals surface area contributed by atoms with Crippen molar-refractivity contribution < 1.29 is 19.8 Å². The molecule has 0 radical (unpaired) electrons. The maximum atomic E-state index is 10.8. The fourth-order valence-electron chi connectivity index (χ4n) is 1.16. The summed E-state index contributed by atoms with van der Waals surface area (Å²) in [5.74, 6) is -0.444. The molecule has 0 fully saturated rings. The molecule has 7 nitrogen and oxygen atoms in total. The molecule has 0 unspecified atom stereocenters. The lowest BCUT2D eigenvalue weighted by atomic mass is 9.80. The number of nitrogens with one attached hydrogen (secondary N) is 1. The van der Waals surface area contributed by atoms with Crippen molar-refractivity contribution in [2.75, 3.05) is 5.32 Å². The van der Waals surface area contributed by atoms with E-state index in [-0.39, 0.29) is 16.8 Å². The van der Waals surface area contributed by atoms with Gasteiger partial charge < -0.3 is 15.4 Å². The fourth-order valence-corrected chi connectivity index (χ4v) is 1.16. The van der Waals surface area contributed by atoms with Crippen molar-refractivity contribution in [3.05, 3.63) is 28.3 Å². The van der Waals surface area contributed by atoms with Crippen LogP contribution in [0.5, 0.6) is 0 Å². The molecule has 0 aromatic heterocycles. The highest BCUT2D eigenvalue weighted by molar-refractivity contribution is 6.58. The van der Waals surface area contributed by atoms with E-state index in [1.54, 1.807) is 0 Å². The molecule has 1 rings (SSSR count). The second-order valence-electron chi connectivity index (χ2n) is 3.09. The summed E-state index contributed by atoms with van der Waals surface area (Å²) in [6.07, 6.45) is 0. The first-order valence-corrected chi connectivity index (χ1v) is 4.34. The Kier molecular flexibility index (Phi) is 3.59. The van der Waals surface area contributed by atoms with E-state index in [2.05, 4.69) is 5.32 Å². The highest BCUT2D eigenvalue weighted by Crippen LogP contribution is 2.22. The van der Waals surface area contributed by atoms with Gasteiger partial charge in [-0.15, -0.1) is 0 Å². The molecule has 0 spiro atoms. The minimum absolute atomic E-state index is 0.0131. The highest BCUT2D eigenvalue weighted by atomic mass is 16.6. The fraction of sp³-hybridized carbons (Fsp3) is 0.125. The van der Waals surface area contributed by atoms with Crippen LogP contribution in [0.25, 0.3) is 0 Å². The number of nitro benzene ring substituents is 1. The summed E-state index contributed by atoms with van der Waals surface area (Å²) in [5.41, 5.74) is -0.386. The molecule has 1 aromatic rings. The van der Waals surface area contributed by atoms with Crippen LogP contribution >= 0.6 is 0 Å². The molecular weight excluding hydrogens is 215 g/mol. The Bertz CT molecular complexity index is 434. The third kappa shape index (κ3) is 2.78. The molecule has 16 heavy (non-hydrogen) atoms. The van der Waals surface area contributed by atoms with Gasteiger partial charge in [-0.3, -0.25) is 14.9 Å². The SMILES string of the molecule is CC(=O)Nc1ccc(B(O)O)cc1[N+](=O)[O-]. The third-order valence-electron chi connectivity index (χ3n) is 1.83. The first-order valence-electron chi connectivity index (χ1n) is 4.34. The number of hydrogen-bond acceptors (Lipinski definition) is 5. The van der Waals surface area contributed by atoms with Crippen molar-refractivity contribution in [3.63, 3.8) is 0 Å². The van der Waals surface area contributed by atoms with Gasteiger partial charge in [0.1, 0.15) is 5.69 Å². The zero-order valence-corrected chi connectivity index (χ0v) is 8.38. The number of nitro groups is 1. The molecule has 0 aliphatic carbocycles. The van der Waals surface area contributed by atoms with Crippen molar-refractivity contribution in [2.45, 2.75) is 6.92 Å². The average Bonchev–Trinajstić information content (AvgIpc) is 2.16. The molecular formula is C8H9BN2O5. The Morgan fingerprint density at radius 3 is 2.56 bits per heavy atom. The van der Waals surface area contributed by atoms with Gasteiger partial charge in [0.2, 0.25) is 5.91 Å². The van der Waals surface area contributed by atoms with Crippen LogP contribution in [-0.4, -0.2) is 28.0 Å². The van der Waals surface area contributed by atoms with E-state index in [0.717, 1.165) is 6.07 Å². The summed E-state index contributed by atoms with van der Waals surface area (Å²) in [6, 6.07) is 3.52. The van der Waals surface area contributed by atoms with Crippen molar-refractivity contribution in [2.24, 2.45) is 0 Å². The zero-order chi connectivity index (χ0) is 12.3. The van der Waals surface area contributed by atoms with Gasteiger partial charge in [-0.1, -0.05) is 6.07 Å². The number of amides is 1. The van der Waals surface area contributed by atoms with E-state index in [1.807, 2.05) is 0 Å². The van der Waals surface area contributed by atoms with Crippen molar-refractivity contribution in [3.8, 4) is 0 Å². The number of hydrogen-bond donors (Lipinski definition) is 3. The molecule has 0 bridgehead atoms. The molecule has 0 saturated carbocycles. The molecule has 84 valence electrons. The van der Waals surface area contributed by atoms with E-state index in [0.29, 0.717) is 0 Å². The van der Waals surface area contributed by atoms with E-state index in [1.165, 1.54) is 19.1 Å². The van der Waals surface area contributed by atoms with Crippen LogP contribution in [0.3, 0.4) is 0 Å². The Morgan fingerprint density at radius 2 is 2.12 bits per heavy atom. The van der Waals surface area contributed by atoms with Crippen LogP contribution in [0.1, 0.15) is 6.92 Å². The van der Waals surface area contributed by atoms with Gasteiger partial charge in [-0.05, 0) is 11.5 Å². The Hall–Kier alpha value is -1.93. The van der Waals surface area contributed by atoms with E-state index < -0.39 is 17.9 Å². The summed E-state index contributed by atoms with van der Waals surface area (Å²) in [7, 11) is -1.79. The maximum absolute atomic E-state index is 10.8. The molecule has 0 aliphatic rings. The Morgan fingerprint density at radius 1 is 1.50 bits per heavy atom. The molecule has 0 saturated heterocycles. The van der Waals surface area contributed by atoms with Crippen LogP contribution in [0, 0.1) is 10.1 Å². The molecule has 0 aliphatic heterocycles. The molecule has 8 heteroatoms. The van der Waals surface area contributed by atoms with Gasteiger partial charge in [0, 0.05) is 13.0 Å². The molecule has 0 atom stereocenters. The number of nitrogens with zero attached hydrogens (tertiary/aromatic N) is 1. The van der Waals surface area contributed by atoms with Crippen molar-refractivity contribution in [1.82, 2.24) is 0 Å². The standard InChI is InChI=1S/C8H9BN2O5/c1-5(12)10-7-3-2-6(9(13)14)4-8(7)11(15)16/h2-4,13-14H,1H3,(H,10,12). The topological polar surface area (TPSA) is 113 Å². The van der Waals surface area contributed by atoms with Crippen LogP contribution in [0.15, 0.2) is 18.2 Å². The second kappa shape index (κ2) is 4.73. The van der Waals surface area contributed by atoms with E-state index >= 15 is 0 Å². The molecule has 1 aromatic carbocycles. The van der Waals surface area contributed by atoms with Gasteiger partial charge in [0.15, 0.2) is 0 Å². The van der Waals surface area contributed by atoms with Crippen LogP contribution < -0.4 is 10.8 Å². The molecule has 1 amide bonds. The summed E-state index contributed by atoms with van der Waals surface area (Å²) in [5, 5.41) is 30.6. The minimum atomic E-state index is -1.79. The summed E-state index contributed by atoms with van der Waals surface area (Å²) >= 11 is 0. The predicted octanol–water partition coefficient (Wildman–Crippen LogP) is -0.767. The normalized spacial score (nSPS) is 9.69. The number of anilines is 1. The van der Waals surface area contributed by atoms with Gasteiger partial charge in [-0.25, -0.2) is 0 Å². The second-order valence-corrected chi connectivity index (χ2v) is 3.09. The Balaban J connectivity index is 3.19. The van der Waals surface area contributed by atoms with Gasteiger partial charge in [0.05, 0.1) is 4.92 Å². The third-order valence-corrected chi connectivity index (χ3v) is 1.83. The number of benzene rings is 1. The molecule has 3 N–H and O–H groups in total. The minimum Gasteiger partial charge on any atom is -0.423 e. The van der Waals surface area contributed by atoms with Crippen molar-refractivity contribution >= 4 is 29.9 Å². The first kappa shape index (κ1) is 12.1. The predicted molar refractivity (Wildman–Crippen MR) is 57.2 cm³/mol. The smallest absolute Gasteiger partial charge is 0.423 e. The van der Waals surface area contributed by atoms with Crippen LogP contribution in [-0.2, 0) is 4.79 Å². The van der Waals surface area contributed by atoms with E-state index in [9.17, 15) is 14.9 Å². The van der Waals surface area contributed by atoms with Crippen LogP contribution in [0.4, 0.5) is 11.4 Å². The largest absolute Gasteiger partial charge is 0.488 e. The quantitative estimate of drug-likeness (QED) is 0.354. The number of carbonyl (C=O) groups is 1. The monoisotopic (exact) mass is 224 g/mol.